The Morgan fingerprint density at radius 3 is 2.35 bits per heavy atom. The Labute approximate surface area is 150 Å². The standard InChI is InChI=1S/C20H17N3O3/c24-19(22-14-15-8-6-7-13-21-15)20(25)23-17-11-4-5-12-18(17)26-16-9-2-1-3-10-16/h1-13H,14H2,(H,22,24)(H,23,25). The van der Waals surface area contributed by atoms with Crippen LogP contribution in [0.25, 0.3) is 0 Å². The van der Waals surface area contributed by atoms with Gasteiger partial charge < -0.3 is 15.4 Å². The summed E-state index contributed by atoms with van der Waals surface area (Å²) in [4.78, 5) is 28.2. The van der Waals surface area contributed by atoms with Gasteiger partial charge in [-0.3, -0.25) is 14.6 Å². The molecule has 6 heteroatoms. The van der Waals surface area contributed by atoms with Gasteiger partial charge in [-0.1, -0.05) is 36.4 Å². The molecule has 0 spiro atoms. The monoisotopic (exact) mass is 347 g/mol. The van der Waals surface area contributed by atoms with E-state index >= 15 is 0 Å². The minimum absolute atomic E-state index is 0.176. The third-order valence-corrected chi connectivity index (χ3v) is 3.47. The van der Waals surface area contributed by atoms with Crippen molar-refractivity contribution in [1.82, 2.24) is 10.3 Å². The number of anilines is 1. The van der Waals surface area contributed by atoms with Crippen molar-refractivity contribution in [2.75, 3.05) is 5.32 Å². The summed E-state index contributed by atoms with van der Waals surface area (Å²) >= 11 is 0. The number of para-hydroxylation sites is 3. The smallest absolute Gasteiger partial charge is 0.313 e. The maximum Gasteiger partial charge on any atom is 0.313 e. The Hall–Kier alpha value is -3.67. The molecule has 130 valence electrons. The van der Waals surface area contributed by atoms with Crippen LogP contribution in [0.3, 0.4) is 0 Å². The van der Waals surface area contributed by atoms with Crippen molar-refractivity contribution < 1.29 is 14.3 Å². The Balaban J connectivity index is 1.63. The van der Waals surface area contributed by atoms with E-state index in [-0.39, 0.29) is 6.54 Å². The van der Waals surface area contributed by atoms with Gasteiger partial charge in [-0.25, -0.2) is 0 Å². The second-order valence-electron chi connectivity index (χ2n) is 5.37. The van der Waals surface area contributed by atoms with E-state index < -0.39 is 11.8 Å². The summed E-state index contributed by atoms with van der Waals surface area (Å²) in [6.07, 6.45) is 1.62. The van der Waals surface area contributed by atoms with Gasteiger partial charge in [-0.15, -0.1) is 0 Å². The fraction of sp³-hybridized carbons (Fsp3) is 0.0500. The quantitative estimate of drug-likeness (QED) is 0.695. The second-order valence-corrected chi connectivity index (χ2v) is 5.37. The average molecular weight is 347 g/mol. The molecule has 0 radical (unpaired) electrons. The van der Waals surface area contributed by atoms with Crippen LogP contribution in [-0.2, 0) is 16.1 Å². The van der Waals surface area contributed by atoms with Gasteiger partial charge in [0.15, 0.2) is 5.75 Å². The summed E-state index contributed by atoms with van der Waals surface area (Å²) in [5, 5.41) is 5.10. The third-order valence-electron chi connectivity index (χ3n) is 3.47. The molecule has 2 N–H and O–H groups in total. The lowest BCUT2D eigenvalue weighted by molar-refractivity contribution is -0.136. The predicted molar refractivity (Wildman–Crippen MR) is 97.7 cm³/mol. The first kappa shape index (κ1) is 17.2. The molecule has 0 saturated heterocycles. The van der Waals surface area contributed by atoms with Crippen molar-refractivity contribution >= 4 is 17.5 Å². The van der Waals surface area contributed by atoms with E-state index in [2.05, 4.69) is 15.6 Å². The molecule has 0 saturated carbocycles. The van der Waals surface area contributed by atoms with Gasteiger partial charge in [0.25, 0.3) is 0 Å². The first-order valence-electron chi connectivity index (χ1n) is 8.03. The molecule has 0 aliphatic rings. The van der Waals surface area contributed by atoms with Crippen LogP contribution in [0, 0.1) is 0 Å². The molecule has 3 rings (SSSR count). The lowest BCUT2D eigenvalue weighted by atomic mass is 10.2. The van der Waals surface area contributed by atoms with E-state index in [4.69, 9.17) is 4.74 Å². The SMILES string of the molecule is O=C(NCc1ccccn1)C(=O)Nc1ccccc1Oc1ccccc1. The van der Waals surface area contributed by atoms with E-state index in [0.29, 0.717) is 22.9 Å². The molecule has 2 aromatic carbocycles. The topological polar surface area (TPSA) is 80.3 Å². The average Bonchev–Trinajstić information content (AvgIpc) is 2.69. The van der Waals surface area contributed by atoms with Crippen LogP contribution in [0.2, 0.25) is 0 Å². The van der Waals surface area contributed by atoms with Crippen molar-refractivity contribution in [2.24, 2.45) is 0 Å². The molecule has 0 atom stereocenters. The molecule has 0 bridgehead atoms. The number of nitrogens with zero attached hydrogens (tertiary/aromatic N) is 1. The molecule has 1 heterocycles. The molecule has 1 aromatic heterocycles. The Morgan fingerprint density at radius 1 is 0.846 bits per heavy atom. The van der Waals surface area contributed by atoms with Gasteiger partial charge in [-0.05, 0) is 36.4 Å². The first-order valence-corrected chi connectivity index (χ1v) is 8.03. The number of ether oxygens (including phenoxy) is 1. The largest absolute Gasteiger partial charge is 0.455 e. The third kappa shape index (κ3) is 4.67. The fourth-order valence-corrected chi connectivity index (χ4v) is 2.21. The zero-order chi connectivity index (χ0) is 18.2. The molecule has 26 heavy (non-hydrogen) atoms. The number of carbonyl (C=O) groups is 2. The van der Waals surface area contributed by atoms with E-state index in [9.17, 15) is 9.59 Å². The van der Waals surface area contributed by atoms with Crippen LogP contribution in [0.4, 0.5) is 5.69 Å². The summed E-state index contributed by atoms with van der Waals surface area (Å²) in [6, 6.07) is 21.5. The normalized spacial score (nSPS) is 10.0. The Kier molecular flexibility index (Phi) is 5.57. The summed E-state index contributed by atoms with van der Waals surface area (Å²) in [5.41, 5.74) is 1.08. The number of aromatic nitrogens is 1. The molecule has 6 nitrogen and oxygen atoms in total. The van der Waals surface area contributed by atoms with Crippen LogP contribution in [0.1, 0.15) is 5.69 Å². The van der Waals surface area contributed by atoms with Crippen molar-refractivity contribution in [3.8, 4) is 11.5 Å². The van der Waals surface area contributed by atoms with E-state index in [1.165, 1.54) is 0 Å². The Bertz CT molecular complexity index is 883. The summed E-state index contributed by atoms with van der Waals surface area (Å²) in [5.74, 6) is -0.436. The van der Waals surface area contributed by atoms with Gasteiger partial charge in [0.05, 0.1) is 17.9 Å². The van der Waals surface area contributed by atoms with Crippen molar-refractivity contribution in [2.45, 2.75) is 6.54 Å². The van der Waals surface area contributed by atoms with Crippen molar-refractivity contribution in [1.29, 1.82) is 0 Å². The van der Waals surface area contributed by atoms with Gasteiger partial charge in [0, 0.05) is 6.20 Å². The second kappa shape index (κ2) is 8.43. The van der Waals surface area contributed by atoms with Gasteiger partial charge >= 0.3 is 11.8 Å². The van der Waals surface area contributed by atoms with Crippen molar-refractivity contribution in [3.63, 3.8) is 0 Å². The highest BCUT2D eigenvalue weighted by molar-refractivity contribution is 6.39. The maximum absolute atomic E-state index is 12.1. The van der Waals surface area contributed by atoms with Gasteiger partial charge in [0.2, 0.25) is 0 Å². The fourth-order valence-electron chi connectivity index (χ4n) is 2.21. The molecular weight excluding hydrogens is 330 g/mol. The van der Waals surface area contributed by atoms with Crippen LogP contribution < -0.4 is 15.4 Å². The van der Waals surface area contributed by atoms with E-state index in [1.807, 2.05) is 24.3 Å². The molecule has 0 unspecified atom stereocenters. The summed E-state index contributed by atoms with van der Waals surface area (Å²) < 4.78 is 5.76. The number of pyridine rings is 1. The highest BCUT2D eigenvalue weighted by Gasteiger charge is 2.16. The molecular formula is C20H17N3O3. The first-order chi connectivity index (χ1) is 12.7. The number of carbonyl (C=O) groups excluding carboxylic acids is 2. The maximum atomic E-state index is 12.1. The lowest BCUT2D eigenvalue weighted by Crippen LogP contribution is -2.35. The molecule has 3 aromatic rings. The predicted octanol–water partition coefficient (Wildman–Crippen LogP) is 3.13. The van der Waals surface area contributed by atoms with Crippen molar-refractivity contribution in [3.05, 3.63) is 84.7 Å². The molecule has 2 amide bonds. The molecule has 0 fully saturated rings. The van der Waals surface area contributed by atoms with E-state index in [0.717, 1.165) is 0 Å². The van der Waals surface area contributed by atoms with Crippen LogP contribution in [-0.4, -0.2) is 16.8 Å². The summed E-state index contributed by atoms with van der Waals surface area (Å²) in [7, 11) is 0. The number of hydrogen-bond donors (Lipinski definition) is 2. The van der Waals surface area contributed by atoms with E-state index in [1.54, 1.807) is 54.7 Å². The minimum Gasteiger partial charge on any atom is -0.455 e. The number of hydrogen-bond acceptors (Lipinski definition) is 4. The Morgan fingerprint density at radius 2 is 1.58 bits per heavy atom. The number of amides is 2. The zero-order valence-corrected chi connectivity index (χ0v) is 13.9. The lowest BCUT2D eigenvalue weighted by Gasteiger charge is -2.12. The highest BCUT2D eigenvalue weighted by atomic mass is 16.5. The number of benzene rings is 2. The summed E-state index contributed by atoms with van der Waals surface area (Å²) in [6.45, 7) is 0.176. The van der Waals surface area contributed by atoms with Crippen LogP contribution >= 0.6 is 0 Å². The van der Waals surface area contributed by atoms with Gasteiger partial charge in [-0.2, -0.15) is 0 Å². The molecule has 0 aliphatic heterocycles. The van der Waals surface area contributed by atoms with Crippen LogP contribution in [0.5, 0.6) is 11.5 Å². The number of rotatable bonds is 5. The highest BCUT2D eigenvalue weighted by Crippen LogP contribution is 2.28. The number of nitrogens with one attached hydrogen (secondary N) is 2. The zero-order valence-electron chi connectivity index (χ0n) is 13.9. The van der Waals surface area contributed by atoms with Gasteiger partial charge in [0.1, 0.15) is 5.75 Å². The van der Waals surface area contributed by atoms with Crippen LogP contribution in [0.15, 0.2) is 79.0 Å². The molecule has 0 aliphatic carbocycles. The minimum atomic E-state index is -0.773.